The van der Waals surface area contributed by atoms with E-state index >= 15 is 0 Å². The van der Waals surface area contributed by atoms with Gasteiger partial charge in [0.15, 0.2) is 0 Å². The van der Waals surface area contributed by atoms with Crippen LogP contribution in [0.4, 0.5) is 4.79 Å². The van der Waals surface area contributed by atoms with E-state index in [0.29, 0.717) is 50.4 Å². The molecule has 3 heterocycles. The normalized spacial score (nSPS) is 24.0. The number of esters is 1. The number of carbonyl (C=O) groups is 4. The summed E-state index contributed by atoms with van der Waals surface area (Å²) in [6.45, 7) is 4.51. The first-order valence-electron chi connectivity index (χ1n) is 16.9. The lowest BCUT2D eigenvalue weighted by Crippen LogP contribution is -2.61. The van der Waals surface area contributed by atoms with Crippen LogP contribution in [0.15, 0.2) is 17.5 Å². The SMILES string of the molecule is CC(=O)OCCCC[C@@H](NC1CCCCC1)C(=O)N1CC[C@@H](NC(=O)N2CCC3(CC2)CC3)[C@@H](C(=O)NCc2cccs2)C1. The Kier molecular flexibility index (Phi) is 11.6. The molecule has 4 amide bonds. The molecular formula is C33H51N5O5S. The van der Waals surface area contributed by atoms with Crippen molar-refractivity contribution in [3.63, 3.8) is 0 Å². The molecule has 1 spiro atoms. The summed E-state index contributed by atoms with van der Waals surface area (Å²) in [7, 11) is 0. The van der Waals surface area contributed by atoms with Gasteiger partial charge in [-0.2, -0.15) is 0 Å². The van der Waals surface area contributed by atoms with Crippen molar-refractivity contribution in [1.29, 1.82) is 0 Å². The summed E-state index contributed by atoms with van der Waals surface area (Å²) in [5.41, 5.74) is 0.481. The van der Waals surface area contributed by atoms with Gasteiger partial charge >= 0.3 is 12.0 Å². The van der Waals surface area contributed by atoms with Gasteiger partial charge in [0.2, 0.25) is 11.8 Å². The maximum absolute atomic E-state index is 14.1. The number of carbonyl (C=O) groups excluding carboxylic acids is 4. The molecule has 244 valence electrons. The van der Waals surface area contributed by atoms with Gasteiger partial charge in [0.1, 0.15) is 0 Å². The van der Waals surface area contributed by atoms with Crippen LogP contribution in [-0.4, -0.2) is 84.5 Å². The van der Waals surface area contributed by atoms with Gasteiger partial charge in [-0.05, 0) is 81.1 Å². The lowest BCUT2D eigenvalue weighted by molar-refractivity contribution is -0.142. The van der Waals surface area contributed by atoms with E-state index < -0.39 is 5.92 Å². The number of unbranched alkanes of at least 4 members (excludes halogenated alkanes) is 1. The zero-order valence-corrected chi connectivity index (χ0v) is 27.1. The summed E-state index contributed by atoms with van der Waals surface area (Å²) in [4.78, 5) is 57.0. The zero-order valence-electron chi connectivity index (χ0n) is 26.3. The van der Waals surface area contributed by atoms with E-state index in [2.05, 4.69) is 16.0 Å². The van der Waals surface area contributed by atoms with Crippen molar-refractivity contribution in [2.75, 3.05) is 32.8 Å². The molecule has 11 heteroatoms. The molecule has 4 fully saturated rings. The number of rotatable bonds is 12. The van der Waals surface area contributed by atoms with Crippen LogP contribution < -0.4 is 16.0 Å². The first-order chi connectivity index (χ1) is 21.3. The Morgan fingerprint density at radius 2 is 1.77 bits per heavy atom. The fourth-order valence-electron chi connectivity index (χ4n) is 7.14. The van der Waals surface area contributed by atoms with Gasteiger partial charge in [-0.3, -0.25) is 14.4 Å². The Labute approximate surface area is 266 Å². The first kappa shape index (κ1) is 32.7. The van der Waals surface area contributed by atoms with Crippen LogP contribution in [0.1, 0.15) is 95.3 Å². The van der Waals surface area contributed by atoms with Crippen LogP contribution in [0.3, 0.4) is 0 Å². The summed E-state index contributed by atoms with van der Waals surface area (Å²) in [5.74, 6) is -0.927. The molecule has 3 atom stereocenters. The first-order valence-corrected chi connectivity index (χ1v) is 17.7. The molecule has 2 aliphatic heterocycles. The van der Waals surface area contributed by atoms with Crippen molar-refractivity contribution in [3.8, 4) is 0 Å². The van der Waals surface area contributed by atoms with Gasteiger partial charge in [-0.25, -0.2) is 4.79 Å². The molecule has 2 saturated carbocycles. The van der Waals surface area contributed by atoms with Gasteiger partial charge in [-0.1, -0.05) is 25.3 Å². The Morgan fingerprint density at radius 3 is 2.45 bits per heavy atom. The van der Waals surface area contributed by atoms with Crippen molar-refractivity contribution in [2.24, 2.45) is 11.3 Å². The highest BCUT2D eigenvalue weighted by molar-refractivity contribution is 7.09. The van der Waals surface area contributed by atoms with Crippen LogP contribution >= 0.6 is 11.3 Å². The largest absolute Gasteiger partial charge is 0.466 e. The van der Waals surface area contributed by atoms with E-state index in [-0.39, 0.29) is 42.4 Å². The number of piperidine rings is 2. The van der Waals surface area contributed by atoms with Gasteiger partial charge < -0.3 is 30.5 Å². The number of urea groups is 1. The molecule has 1 aromatic rings. The van der Waals surface area contributed by atoms with E-state index in [0.717, 1.165) is 50.1 Å². The summed E-state index contributed by atoms with van der Waals surface area (Å²) >= 11 is 1.59. The van der Waals surface area contributed by atoms with E-state index in [9.17, 15) is 19.2 Å². The van der Waals surface area contributed by atoms with Gasteiger partial charge in [0, 0.05) is 50.1 Å². The van der Waals surface area contributed by atoms with Gasteiger partial charge in [0.05, 0.1) is 25.1 Å². The molecule has 0 aromatic carbocycles. The van der Waals surface area contributed by atoms with E-state index in [1.165, 1.54) is 39.0 Å². The highest BCUT2D eigenvalue weighted by Gasteiger charge is 2.46. The second-order valence-corrected chi connectivity index (χ2v) is 14.4. The standard InChI is InChI=1S/C33H51N5O5S/c1-24(39)43-20-6-5-11-29(35-25-8-3-2-4-9-25)31(41)38-17-12-28(27(23-38)30(40)34-22-26-10-7-21-44-26)36-32(42)37-18-15-33(13-14-33)16-19-37/h7,10,21,25,27-29,35H,2-6,8-9,11-20,22-23H2,1H3,(H,34,40)(H,36,42)/t27-,28+,29+/m0/s1. The average molecular weight is 630 g/mol. The lowest BCUT2D eigenvalue weighted by Gasteiger charge is -2.41. The van der Waals surface area contributed by atoms with E-state index in [1.807, 2.05) is 27.3 Å². The number of hydrogen-bond donors (Lipinski definition) is 3. The van der Waals surface area contributed by atoms with E-state index in [1.54, 1.807) is 11.3 Å². The Bertz CT molecular complexity index is 1110. The van der Waals surface area contributed by atoms with Gasteiger partial charge in [0.25, 0.3) is 0 Å². The number of nitrogens with zero attached hydrogens (tertiary/aromatic N) is 2. The molecule has 10 nitrogen and oxygen atoms in total. The van der Waals surface area contributed by atoms with Crippen molar-refractivity contribution in [1.82, 2.24) is 25.8 Å². The topological polar surface area (TPSA) is 120 Å². The molecule has 2 saturated heterocycles. The quantitative estimate of drug-likeness (QED) is 0.236. The second-order valence-electron chi connectivity index (χ2n) is 13.4. The van der Waals surface area contributed by atoms with Crippen molar-refractivity contribution < 1.29 is 23.9 Å². The molecule has 0 unspecified atom stereocenters. The Balaban J connectivity index is 1.22. The number of ether oxygens (including phenoxy) is 1. The second kappa shape index (κ2) is 15.6. The molecular weight excluding hydrogens is 578 g/mol. The van der Waals surface area contributed by atoms with Crippen LogP contribution in [0.25, 0.3) is 0 Å². The molecule has 5 rings (SSSR count). The van der Waals surface area contributed by atoms with Crippen molar-refractivity contribution >= 4 is 35.2 Å². The summed E-state index contributed by atoms with van der Waals surface area (Å²) in [5, 5.41) is 11.9. The minimum atomic E-state index is -0.532. The molecule has 4 aliphatic rings. The maximum Gasteiger partial charge on any atom is 0.317 e. The highest BCUT2D eigenvalue weighted by Crippen LogP contribution is 2.53. The van der Waals surface area contributed by atoms with Crippen LogP contribution in [0.2, 0.25) is 0 Å². The van der Waals surface area contributed by atoms with Gasteiger partial charge in [-0.15, -0.1) is 11.3 Å². The van der Waals surface area contributed by atoms with Crippen molar-refractivity contribution in [3.05, 3.63) is 22.4 Å². The molecule has 2 aliphatic carbocycles. The predicted octanol–water partition coefficient (Wildman–Crippen LogP) is 4.19. The number of hydrogen-bond acceptors (Lipinski definition) is 7. The average Bonchev–Trinajstić information content (AvgIpc) is 3.56. The van der Waals surface area contributed by atoms with E-state index in [4.69, 9.17) is 4.74 Å². The summed E-state index contributed by atoms with van der Waals surface area (Å²) < 4.78 is 5.10. The minimum Gasteiger partial charge on any atom is -0.466 e. The fourth-order valence-corrected chi connectivity index (χ4v) is 7.78. The minimum absolute atomic E-state index is 0.0228. The van der Waals surface area contributed by atoms with Crippen LogP contribution in [0.5, 0.6) is 0 Å². The third kappa shape index (κ3) is 9.19. The molecule has 0 radical (unpaired) electrons. The van der Waals surface area contributed by atoms with Crippen molar-refractivity contribution in [2.45, 2.75) is 115 Å². The number of nitrogens with one attached hydrogen (secondary N) is 3. The third-order valence-electron chi connectivity index (χ3n) is 10.2. The maximum atomic E-state index is 14.1. The Hall–Kier alpha value is -2.66. The summed E-state index contributed by atoms with van der Waals surface area (Å²) in [6.07, 6.45) is 13.0. The summed E-state index contributed by atoms with van der Waals surface area (Å²) in [6, 6.07) is 3.50. The lowest BCUT2D eigenvalue weighted by atomic mass is 9.89. The predicted molar refractivity (Wildman–Crippen MR) is 170 cm³/mol. The third-order valence-corrected chi connectivity index (χ3v) is 11.1. The number of amides is 4. The molecule has 3 N–H and O–H groups in total. The number of thiophene rings is 1. The Morgan fingerprint density at radius 1 is 1.00 bits per heavy atom. The van der Waals surface area contributed by atoms with Crippen LogP contribution in [-0.2, 0) is 25.7 Å². The monoisotopic (exact) mass is 629 g/mol. The molecule has 0 bridgehead atoms. The molecule has 44 heavy (non-hydrogen) atoms. The van der Waals surface area contributed by atoms with Crippen LogP contribution in [0, 0.1) is 11.3 Å². The molecule has 1 aromatic heterocycles. The fraction of sp³-hybridized carbons (Fsp3) is 0.758. The smallest absolute Gasteiger partial charge is 0.317 e. The zero-order chi connectivity index (χ0) is 30.9. The number of likely N-dealkylation sites (tertiary alicyclic amines) is 2. The highest BCUT2D eigenvalue weighted by atomic mass is 32.1.